The summed E-state index contributed by atoms with van der Waals surface area (Å²) in [5.41, 5.74) is 0.541. The number of amides is 1. The smallest absolute Gasteiger partial charge is 0.317 e. The molecule has 0 bridgehead atoms. The van der Waals surface area contributed by atoms with Crippen molar-refractivity contribution in [3.63, 3.8) is 0 Å². The van der Waals surface area contributed by atoms with E-state index in [0.29, 0.717) is 36.3 Å². The van der Waals surface area contributed by atoms with E-state index in [1.165, 1.54) is 0 Å². The summed E-state index contributed by atoms with van der Waals surface area (Å²) in [5, 5.41) is 8.81. The van der Waals surface area contributed by atoms with Gasteiger partial charge in [-0.3, -0.25) is 14.5 Å². The molecule has 0 spiro atoms. The van der Waals surface area contributed by atoms with Crippen molar-refractivity contribution in [1.29, 1.82) is 0 Å². The lowest BCUT2D eigenvalue weighted by Crippen LogP contribution is -2.36. The van der Waals surface area contributed by atoms with Crippen LogP contribution >= 0.6 is 15.9 Å². The summed E-state index contributed by atoms with van der Waals surface area (Å²) < 4.78 is 0.539. The molecule has 1 N–H and O–H groups in total. The van der Waals surface area contributed by atoms with Gasteiger partial charge in [-0.15, -0.1) is 0 Å². The Morgan fingerprint density at radius 1 is 1.30 bits per heavy atom. The molecule has 1 fully saturated rings. The molecular formula is C13H16BrN3O3. The number of hydrogen-bond donors (Lipinski definition) is 1. The predicted molar refractivity (Wildman–Crippen MR) is 76.5 cm³/mol. The van der Waals surface area contributed by atoms with Gasteiger partial charge in [0.2, 0.25) is 0 Å². The molecule has 108 valence electrons. The second-order valence-electron chi connectivity index (χ2n) is 4.66. The minimum Gasteiger partial charge on any atom is -0.480 e. The number of aliphatic carboxylic acids is 1. The van der Waals surface area contributed by atoms with Crippen LogP contribution in [0.3, 0.4) is 0 Å². The molecule has 1 aromatic rings. The number of halogens is 1. The largest absolute Gasteiger partial charge is 0.480 e. The van der Waals surface area contributed by atoms with Crippen molar-refractivity contribution in [3.05, 3.63) is 28.5 Å². The Morgan fingerprint density at radius 2 is 2.10 bits per heavy atom. The molecule has 6 nitrogen and oxygen atoms in total. The summed E-state index contributed by atoms with van der Waals surface area (Å²) in [4.78, 5) is 30.8. The number of carboxylic acids is 1. The molecule has 2 rings (SSSR count). The highest BCUT2D eigenvalue weighted by Gasteiger charge is 2.22. The van der Waals surface area contributed by atoms with E-state index in [-0.39, 0.29) is 12.5 Å². The monoisotopic (exact) mass is 341 g/mol. The van der Waals surface area contributed by atoms with Crippen molar-refractivity contribution >= 4 is 27.8 Å². The van der Waals surface area contributed by atoms with Crippen molar-refractivity contribution in [3.8, 4) is 0 Å². The molecule has 2 heterocycles. The zero-order chi connectivity index (χ0) is 14.5. The van der Waals surface area contributed by atoms with Crippen LogP contribution < -0.4 is 0 Å². The molecule has 7 heteroatoms. The van der Waals surface area contributed by atoms with Gasteiger partial charge < -0.3 is 10.0 Å². The second-order valence-corrected chi connectivity index (χ2v) is 5.41. The van der Waals surface area contributed by atoms with E-state index in [2.05, 4.69) is 20.9 Å². The molecule has 20 heavy (non-hydrogen) atoms. The topological polar surface area (TPSA) is 73.7 Å². The molecule has 1 aliphatic heterocycles. The zero-order valence-electron chi connectivity index (χ0n) is 11.0. The van der Waals surface area contributed by atoms with E-state index in [1.807, 2.05) is 4.90 Å². The number of rotatable bonds is 3. The van der Waals surface area contributed by atoms with E-state index < -0.39 is 5.97 Å². The highest BCUT2D eigenvalue weighted by molar-refractivity contribution is 9.10. The standard InChI is InChI=1S/C13H16BrN3O3/c14-12-10(3-1-4-15-12)13(20)17-6-2-5-16(7-8-17)9-11(18)19/h1,3-4H,2,5-9H2,(H,18,19). The lowest BCUT2D eigenvalue weighted by Gasteiger charge is -2.21. The van der Waals surface area contributed by atoms with Gasteiger partial charge in [0.1, 0.15) is 4.60 Å². The molecule has 1 saturated heterocycles. The van der Waals surface area contributed by atoms with Crippen molar-refractivity contribution in [1.82, 2.24) is 14.8 Å². The lowest BCUT2D eigenvalue weighted by molar-refractivity contribution is -0.138. The van der Waals surface area contributed by atoms with Crippen molar-refractivity contribution in [2.45, 2.75) is 6.42 Å². The Labute approximate surface area is 125 Å². The predicted octanol–water partition coefficient (Wildman–Crippen LogP) is 1.08. The van der Waals surface area contributed by atoms with Crippen LogP contribution in [0.5, 0.6) is 0 Å². The van der Waals surface area contributed by atoms with Gasteiger partial charge in [-0.25, -0.2) is 4.98 Å². The lowest BCUT2D eigenvalue weighted by atomic mass is 10.2. The molecule has 0 saturated carbocycles. The third kappa shape index (κ3) is 3.77. The fourth-order valence-corrected chi connectivity index (χ4v) is 2.66. The van der Waals surface area contributed by atoms with Crippen molar-refractivity contribution < 1.29 is 14.7 Å². The van der Waals surface area contributed by atoms with Crippen LogP contribution in [-0.4, -0.2) is 64.5 Å². The van der Waals surface area contributed by atoms with Gasteiger partial charge in [0.05, 0.1) is 12.1 Å². The normalized spacial score (nSPS) is 16.8. The maximum absolute atomic E-state index is 12.4. The van der Waals surface area contributed by atoms with Crippen LogP contribution in [0, 0.1) is 0 Å². The van der Waals surface area contributed by atoms with E-state index in [9.17, 15) is 9.59 Å². The van der Waals surface area contributed by atoms with Crippen molar-refractivity contribution in [2.24, 2.45) is 0 Å². The van der Waals surface area contributed by atoms with Crippen LogP contribution in [0.25, 0.3) is 0 Å². The molecule has 0 aromatic carbocycles. The summed E-state index contributed by atoms with van der Waals surface area (Å²) in [6, 6.07) is 3.46. The van der Waals surface area contributed by atoms with Gasteiger partial charge in [-0.05, 0) is 34.5 Å². The maximum atomic E-state index is 12.4. The Hall–Kier alpha value is -1.47. The quantitative estimate of drug-likeness (QED) is 0.832. The van der Waals surface area contributed by atoms with E-state index in [0.717, 1.165) is 6.42 Å². The summed E-state index contributed by atoms with van der Waals surface area (Å²) in [6.07, 6.45) is 2.40. The fraction of sp³-hybridized carbons (Fsp3) is 0.462. The molecule has 1 aliphatic rings. The van der Waals surface area contributed by atoms with Crippen LogP contribution in [0.4, 0.5) is 0 Å². The average Bonchev–Trinajstić information content (AvgIpc) is 2.63. The number of carbonyl (C=O) groups is 2. The molecule has 0 atom stereocenters. The minimum atomic E-state index is -0.834. The molecule has 0 aliphatic carbocycles. The molecule has 1 aromatic heterocycles. The first-order chi connectivity index (χ1) is 9.58. The van der Waals surface area contributed by atoms with Crippen LogP contribution in [0.1, 0.15) is 16.8 Å². The van der Waals surface area contributed by atoms with Gasteiger partial charge in [-0.2, -0.15) is 0 Å². The van der Waals surface area contributed by atoms with E-state index in [1.54, 1.807) is 23.2 Å². The molecular weight excluding hydrogens is 326 g/mol. The maximum Gasteiger partial charge on any atom is 0.317 e. The van der Waals surface area contributed by atoms with Gasteiger partial charge in [0.25, 0.3) is 5.91 Å². The van der Waals surface area contributed by atoms with Crippen LogP contribution in [0.2, 0.25) is 0 Å². The first-order valence-electron chi connectivity index (χ1n) is 6.42. The van der Waals surface area contributed by atoms with Crippen molar-refractivity contribution in [2.75, 3.05) is 32.7 Å². The first-order valence-corrected chi connectivity index (χ1v) is 7.21. The third-order valence-electron chi connectivity index (χ3n) is 3.22. The molecule has 1 amide bonds. The van der Waals surface area contributed by atoms with Gasteiger partial charge in [-0.1, -0.05) is 0 Å². The van der Waals surface area contributed by atoms with E-state index >= 15 is 0 Å². The number of carbonyl (C=O) groups excluding carboxylic acids is 1. The summed E-state index contributed by atoms with van der Waals surface area (Å²) in [7, 11) is 0. The first kappa shape index (κ1) is 14.9. The number of carboxylic acid groups (broad SMARTS) is 1. The third-order valence-corrected chi connectivity index (χ3v) is 3.86. The van der Waals surface area contributed by atoms with Gasteiger partial charge in [0.15, 0.2) is 0 Å². The number of hydrogen-bond acceptors (Lipinski definition) is 4. The molecule has 0 radical (unpaired) electrons. The fourth-order valence-electron chi connectivity index (χ4n) is 2.24. The SMILES string of the molecule is O=C(O)CN1CCCN(C(=O)c2cccnc2Br)CC1. The minimum absolute atomic E-state index is 0.0264. The number of pyridine rings is 1. The summed E-state index contributed by atoms with van der Waals surface area (Å²) in [5.74, 6) is -0.901. The summed E-state index contributed by atoms with van der Waals surface area (Å²) in [6.45, 7) is 2.47. The average molecular weight is 342 g/mol. The summed E-state index contributed by atoms with van der Waals surface area (Å²) >= 11 is 3.28. The Kier molecular flexibility index (Phi) is 5.08. The molecule has 0 unspecified atom stereocenters. The number of aromatic nitrogens is 1. The number of nitrogens with zero attached hydrogens (tertiary/aromatic N) is 3. The van der Waals surface area contributed by atoms with E-state index in [4.69, 9.17) is 5.11 Å². The van der Waals surface area contributed by atoms with Gasteiger partial charge >= 0.3 is 5.97 Å². The Bertz CT molecular complexity index is 509. The Morgan fingerprint density at radius 3 is 2.80 bits per heavy atom. The highest BCUT2D eigenvalue weighted by Crippen LogP contribution is 2.16. The van der Waals surface area contributed by atoms with Gasteiger partial charge in [0, 0.05) is 32.4 Å². The highest BCUT2D eigenvalue weighted by atomic mass is 79.9. The van der Waals surface area contributed by atoms with Crippen LogP contribution in [0.15, 0.2) is 22.9 Å². The van der Waals surface area contributed by atoms with Crippen LogP contribution in [-0.2, 0) is 4.79 Å². The second kappa shape index (κ2) is 6.81. The zero-order valence-corrected chi connectivity index (χ0v) is 12.5. The Balaban J connectivity index is 2.02.